The maximum Gasteiger partial charge on any atom is 0.251 e. The van der Waals surface area contributed by atoms with E-state index < -0.39 is 5.60 Å². The summed E-state index contributed by atoms with van der Waals surface area (Å²) in [6.45, 7) is 5.89. The summed E-state index contributed by atoms with van der Waals surface area (Å²) in [4.78, 5) is 26.2. The fourth-order valence-corrected chi connectivity index (χ4v) is 3.23. The summed E-state index contributed by atoms with van der Waals surface area (Å²) in [6, 6.07) is 5.30. The molecule has 0 saturated heterocycles. The number of carbonyl (C=O) groups is 2. The van der Waals surface area contributed by atoms with Gasteiger partial charge >= 0.3 is 0 Å². The Morgan fingerprint density at radius 2 is 2.22 bits per heavy atom. The number of carbonyl (C=O) groups excluding carboxylic acids is 2. The Bertz CT molecular complexity index is 885. The topological polar surface area (TPSA) is 87.5 Å². The van der Waals surface area contributed by atoms with Crippen LogP contribution in [-0.2, 0) is 23.9 Å². The van der Waals surface area contributed by atoms with E-state index in [1.165, 1.54) is 6.08 Å². The number of fused-ring (bicyclic) bond motifs is 1. The van der Waals surface area contributed by atoms with Crippen LogP contribution in [0.25, 0.3) is 0 Å². The molecule has 0 aliphatic carbocycles. The molecule has 7 nitrogen and oxygen atoms in total. The molecular weight excluding hydrogens is 344 g/mol. The number of aliphatic hydroxyl groups is 1. The van der Waals surface area contributed by atoms with Crippen molar-refractivity contribution in [3.8, 4) is 0 Å². The standard InChI is InChI=1S/C20H24N4O3/c1-4-18(25)24-9-5-6-14-10-15(7-8-17(14)24)19(26)21-13-20(2,27)16-11-22-23(3)12-16/h4,7-8,10-12,27H,1,5-6,9,13H2,2-3H3,(H,21,26). The maximum atomic E-state index is 12.5. The summed E-state index contributed by atoms with van der Waals surface area (Å²) < 4.78 is 1.60. The van der Waals surface area contributed by atoms with Crippen LogP contribution in [0.1, 0.15) is 34.8 Å². The lowest BCUT2D eigenvalue weighted by Crippen LogP contribution is -2.38. The minimum absolute atomic E-state index is 0.0652. The van der Waals surface area contributed by atoms with Crippen molar-refractivity contribution < 1.29 is 14.7 Å². The van der Waals surface area contributed by atoms with Crippen molar-refractivity contribution in [1.29, 1.82) is 0 Å². The van der Waals surface area contributed by atoms with E-state index in [-0.39, 0.29) is 18.4 Å². The van der Waals surface area contributed by atoms with Gasteiger partial charge in [0.05, 0.1) is 12.7 Å². The average Bonchev–Trinajstić information content (AvgIpc) is 3.12. The molecule has 1 aromatic carbocycles. The molecule has 0 spiro atoms. The molecule has 1 aliphatic rings. The first kappa shape index (κ1) is 18.8. The average molecular weight is 368 g/mol. The Labute approximate surface area is 158 Å². The zero-order valence-electron chi connectivity index (χ0n) is 15.6. The number of benzene rings is 1. The third kappa shape index (κ3) is 3.93. The van der Waals surface area contributed by atoms with Crippen LogP contribution >= 0.6 is 0 Å². The summed E-state index contributed by atoms with van der Waals surface area (Å²) in [5.41, 5.74) is 1.71. The Hall–Kier alpha value is -2.93. The number of aromatic nitrogens is 2. The van der Waals surface area contributed by atoms with Gasteiger partial charge in [0.1, 0.15) is 5.60 Å². The van der Waals surface area contributed by atoms with E-state index in [2.05, 4.69) is 17.0 Å². The second-order valence-electron chi connectivity index (χ2n) is 7.00. The minimum Gasteiger partial charge on any atom is -0.383 e. The first-order valence-electron chi connectivity index (χ1n) is 8.88. The zero-order chi connectivity index (χ0) is 19.6. The van der Waals surface area contributed by atoms with Gasteiger partial charge in [0, 0.05) is 36.6 Å². The van der Waals surface area contributed by atoms with Crippen LogP contribution in [0.5, 0.6) is 0 Å². The van der Waals surface area contributed by atoms with E-state index in [9.17, 15) is 14.7 Å². The summed E-state index contributed by atoms with van der Waals surface area (Å²) >= 11 is 0. The van der Waals surface area contributed by atoms with E-state index in [1.807, 2.05) is 6.07 Å². The van der Waals surface area contributed by atoms with Crippen molar-refractivity contribution in [2.24, 2.45) is 7.05 Å². The molecule has 0 fully saturated rings. The summed E-state index contributed by atoms with van der Waals surface area (Å²) in [5.74, 6) is -0.408. The molecule has 2 aromatic rings. The van der Waals surface area contributed by atoms with E-state index in [0.29, 0.717) is 17.7 Å². The van der Waals surface area contributed by atoms with Crippen molar-refractivity contribution >= 4 is 17.5 Å². The second kappa shape index (κ2) is 7.36. The number of amides is 2. The second-order valence-corrected chi connectivity index (χ2v) is 7.00. The van der Waals surface area contributed by atoms with E-state index in [4.69, 9.17) is 0 Å². The normalized spacial score (nSPS) is 15.6. The Morgan fingerprint density at radius 1 is 1.44 bits per heavy atom. The number of nitrogens with one attached hydrogen (secondary N) is 1. The van der Waals surface area contributed by atoms with Crippen LogP contribution in [0, 0.1) is 0 Å². The van der Waals surface area contributed by atoms with Gasteiger partial charge in [-0.05, 0) is 49.6 Å². The van der Waals surface area contributed by atoms with Gasteiger partial charge in [0.25, 0.3) is 5.91 Å². The molecule has 27 heavy (non-hydrogen) atoms. The van der Waals surface area contributed by atoms with Crippen LogP contribution in [0.15, 0.2) is 43.2 Å². The lowest BCUT2D eigenvalue weighted by molar-refractivity contribution is -0.114. The number of hydrogen-bond donors (Lipinski definition) is 2. The SMILES string of the molecule is C=CC(=O)N1CCCc2cc(C(=O)NCC(C)(O)c3cnn(C)c3)ccc21. The first-order chi connectivity index (χ1) is 12.8. The van der Waals surface area contributed by atoms with Crippen LogP contribution < -0.4 is 10.2 Å². The zero-order valence-corrected chi connectivity index (χ0v) is 15.6. The molecule has 2 heterocycles. The highest BCUT2D eigenvalue weighted by atomic mass is 16.3. The van der Waals surface area contributed by atoms with Gasteiger partial charge < -0.3 is 15.3 Å². The molecule has 0 radical (unpaired) electrons. The monoisotopic (exact) mass is 368 g/mol. The Morgan fingerprint density at radius 3 is 2.89 bits per heavy atom. The smallest absolute Gasteiger partial charge is 0.251 e. The van der Waals surface area contributed by atoms with E-state index >= 15 is 0 Å². The van der Waals surface area contributed by atoms with Crippen molar-refractivity contribution in [3.63, 3.8) is 0 Å². The summed E-state index contributed by atoms with van der Waals surface area (Å²) in [6.07, 6.45) is 6.25. The van der Waals surface area contributed by atoms with Gasteiger partial charge in [-0.2, -0.15) is 5.10 Å². The van der Waals surface area contributed by atoms with Gasteiger partial charge in [-0.1, -0.05) is 6.58 Å². The molecule has 1 unspecified atom stereocenters. The Balaban J connectivity index is 1.72. The van der Waals surface area contributed by atoms with Crippen LogP contribution in [0.2, 0.25) is 0 Å². The quantitative estimate of drug-likeness (QED) is 0.784. The number of nitrogens with zero attached hydrogens (tertiary/aromatic N) is 3. The van der Waals surface area contributed by atoms with Crippen molar-refractivity contribution in [3.05, 3.63) is 59.9 Å². The molecular formula is C20H24N4O3. The van der Waals surface area contributed by atoms with Crippen LogP contribution in [-0.4, -0.2) is 39.8 Å². The lowest BCUT2D eigenvalue weighted by atomic mass is 9.97. The molecule has 1 aromatic heterocycles. The molecule has 7 heteroatoms. The number of hydrogen-bond acceptors (Lipinski definition) is 4. The molecule has 142 valence electrons. The summed E-state index contributed by atoms with van der Waals surface area (Å²) in [7, 11) is 1.77. The maximum absolute atomic E-state index is 12.5. The van der Waals surface area contributed by atoms with Gasteiger partial charge in [0.15, 0.2) is 0 Å². The minimum atomic E-state index is -1.22. The van der Waals surface area contributed by atoms with Crippen LogP contribution in [0.4, 0.5) is 5.69 Å². The highest BCUT2D eigenvalue weighted by molar-refractivity contribution is 6.02. The first-order valence-corrected chi connectivity index (χ1v) is 8.88. The fourth-order valence-electron chi connectivity index (χ4n) is 3.23. The molecule has 1 aliphatic heterocycles. The van der Waals surface area contributed by atoms with Gasteiger partial charge in [-0.3, -0.25) is 14.3 Å². The van der Waals surface area contributed by atoms with E-state index in [1.54, 1.807) is 48.1 Å². The highest BCUT2D eigenvalue weighted by Crippen LogP contribution is 2.28. The third-order valence-corrected chi connectivity index (χ3v) is 4.82. The van der Waals surface area contributed by atoms with Crippen molar-refractivity contribution in [1.82, 2.24) is 15.1 Å². The number of rotatable bonds is 5. The van der Waals surface area contributed by atoms with Gasteiger partial charge in [0.2, 0.25) is 5.91 Å². The largest absolute Gasteiger partial charge is 0.383 e. The molecule has 2 N–H and O–H groups in total. The fraction of sp³-hybridized carbons (Fsp3) is 0.350. The molecule has 3 rings (SSSR count). The van der Waals surface area contributed by atoms with Gasteiger partial charge in [-0.25, -0.2) is 0 Å². The van der Waals surface area contributed by atoms with Crippen molar-refractivity contribution in [2.75, 3.05) is 18.0 Å². The van der Waals surface area contributed by atoms with Crippen molar-refractivity contribution in [2.45, 2.75) is 25.4 Å². The predicted molar refractivity (Wildman–Crippen MR) is 102 cm³/mol. The van der Waals surface area contributed by atoms with Gasteiger partial charge in [-0.15, -0.1) is 0 Å². The highest BCUT2D eigenvalue weighted by Gasteiger charge is 2.26. The third-order valence-electron chi connectivity index (χ3n) is 4.82. The lowest BCUT2D eigenvalue weighted by Gasteiger charge is -2.29. The molecule has 0 saturated carbocycles. The summed E-state index contributed by atoms with van der Waals surface area (Å²) in [5, 5.41) is 17.4. The van der Waals surface area contributed by atoms with Crippen LogP contribution in [0.3, 0.4) is 0 Å². The molecule has 1 atom stereocenters. The predicted octanol–water partition coefficient (Wildman–Crippen LogP) is 1.52. The van der Waals surface area contributed by atoms with E-state index in [0.717, 1.165) is 24.1 Å². The number of aryl methyl sites for hydroxylation is 2. The number of anilines is 1. The molecule has 0 bridgehead atoms. The molecule has 2 amide bonds. The Kier molecular flexibility index (Phi) is 5.14.